The Balaban J connectivity index is 0.788. The molecule has 19 rings (SSSR count). The summed E-state index contributed by atoms with van der Waals surface area (Å²) < 4.78 is 2.50. The Bertz CT molecular complexity index is 6090. The highest BCUT2D eigenvalue weighted by molar-refractivity contribution is 7.25. The van der Waals surface area contributed by atoms with Gasteiger partial charge in [0.05, 0.1) is 45.5 Å². The van der Waals surface area contributed by atoms with Crippen LogP contribution in [-0.4, -0.2) is 0 Å². The minimum atomic E-state index is 1.07. The fourth-order valence-corrected chi connectivity index (χ4v) is 17.1. The number of nitrogens with zero attached hydrogens (tertiary/aromatic N) is 6. The van der Waals surface area contributed by atoms with E-state index >= 15 is 0 Å². The van der Waals surface area contributed by atoms with Crippen LogP contribution in [0.4, 0.5) is 102 Å². The summed E-state index contributed by atoms with van der Waals surface area (Å²) in [6, 6.07) is 130. The van der Waals surface area contributed by atoms with E-state index < -0.39 is 0 Å². The van der Waals surface area contributed by atoms with E-state index in [1.807, 2.05) is 11.3 Å². The van der Waals surface area contributed by atoms with Gasteiger partial charge in [-0.25, -0.2) is 0 Å². The lowest BCUT2D eigenvalue weighted by Gasteiger charge is -2.41. The third-order valence-electron chi connectivity index (χ3n) is 20.5. The predicted octanol–water partition coefficient (Wildman–Crippen LogP) is 28.4. The molecular weight excluding hydrogens is 1270 g/mol. The predicted molar refractivity (Wildman–Crippen MR) is 439 cm³/mol. The number of para-hydroxylation sites is 6. The minimum Gasteiger partial charge on any atom is -0.310 e. The van der Waals surface area contributed by atoms with Crippen molar-refractivity contribution in [2.24, 2.45) is 0 Å². The first-order valence-corrected chi connectivity index (χ1v) is 36.2. The fourth-order valence-electron chi connectivity index (χ4n) is 16.0. The van der Waals surface area contributed by atoms with Crippen molar-refractivity contribution in [1.29, 1.82) is 0 Å². The molecule has 490 valence electrons. The van der Waals surface area contributed by atoms with Crippen molar-refractivity contribution in [3.8, 4) is 22.3 Å². The van der Waals surface area contributed by atoms with Crippen molar-refractivity contribution in [2.45, 2.75) is 27.7 Å². The molecule has 103 heavy (non-hydrogen) atoms. The van der Waals surface area contributed by atoms with Gasteiger partial charge in [-0.1, -0.05) is 194 Å². The molecule has 7 heteroatoms. The van der Waals surface area contributed by atoms with Crippen molar-refractivity contribution >= 4 is 155 Å². The number of hydrogen-bond donors (Lipinski definition) is 0. The molecule has 0 atom stereocenters. The van der Waals surface area contributed by atoms with Crippen LogP contribution in [0, 0.1) is 27.7 Å². The lowest BCUT2D eigenvalue weighted by molar-refractivity contribution is 1.17. The highest BCUT2D eigenvalue weighted by atomic mass is 32.1. The second-order valence-electron chi connectivity index (χ2n) is 27.2. The highest BCUT2D eigenvalue weighted by Gasteiger charge is 2.35. The zero-order valence-electron chi connectivity index (χ0n) is 57.6. The first-order valence-electron chi connectivity index (χ1n) is 35.4. The quantitative estimate of drug-likeness (QED) is 0.113. The van der Waals surface area contributed by atoms with Gasteiger partial charge in [-0.2, -0.15) is 0 Å². The van der Waals surface area contributed by atoms with Gasteiger partial charge in [0, 0.05) is 77.0 Å². The number of fused-ring (bicyclic) bond motifs is 9. The molecule has 2 aliphatic heterocycles. The van der Waals surface area contributed by atoms with Gasteiger partial charge >= 0.3 is 0 Å². The maximum Gasteiger partial charge on any atom is 0.0717 e. The molecule has 1 aromatic heterocycles. The molecule has 0 bridgehead atoms. The number of rotatable bonds is 12. The molecular formula is C96H70N6S. The van der Waals surface area contributed by atoms with Crippen molar-refractivity contribution in [2.75, 3.05) is 29.4 Å². The van der Waals surface area contributed by atoms with Crippen LogP contribution >= 0.6 is 11.3 Å². The maximum atomic E-state index is 2.53. The molecule has 3 heterocycles. The molecule has 0 unspecified atom stereocenters. The summed E-state index contributed by atoms with van der Waals surface area (Å²) in [7, 11) is 0. The second kappa shape index (κ2) is 25.0. The average Bonchev–Trinajstić information content (AvgIpc) is 1.45. The summed E-state index contributed by atoms with van der Waals surface area (Å²) in [5.74, 6) is 0. The van der Waals surface area contributed by atoms with Crippen molar-refractivity contribution < 1.29 is 0 Å². The van der Waals surface area contributed by atoms with Crippen LogP contribution in [0.5, 0.6) is 0 Å². The van der Waals surface area contributed by atoms with Gasteiger partial charge in [-0.3, -0.25) is 0 Å². The summed E-state index contributed by atoms with van der Waals surface area (Å²) in [6.07, 6.45) is 0. The average molecular weight is 1340 g/mol. The number of benzene rings is 16. The van der Waals surface area contributed by atoms with Gasteiger partial charge in [0.25, 0.3) is 0 Å². The van der Waals surface area contributed by atoms with E-state index in [1.54, 1.807) is 0 Å². The third kappa shape index (κ3) is 10.5. The number of aryl methyl sites for hydroxylation is 4. The highest BCUT2D eigenvalue weighted by Crippen LogP contribution is 2.60. The van der Waals surface area contributed by atoms with E-state index in [9.17, 15) is 0 Å². The molecule has 0 N–H and O–H groups in total. The Hall–Kier alpha value is -12.9. The zero-order valence-corrected chi connectivity index (χ0v) is 58.4. The second-order valence-corrected chi connectivity index (χ2v) is 28.3. The Morgan fingerprint density at radius 1 is 0.204 bits per heavy atom. The van der Waals surface area contributed by atoms with E-state index in [0.717, 1.165) is 113 Å². The molecule has 0 amide bonds. The molecule has 16 aromatic carbocycles. The fraction of sp³-hybridized carbons (Fsp3) is 0.0417. The molecule has 0 radical (unpaired) electrons. The van der Waals surface area contributed by atoms with Crippen molar-refractivity contribution in [3.05, 3.63) is 374 Å². The summed E-state index contributed by atoms with van der Waals surface area (Å²) in [4.78, 5) is 14.7. The Kier molecular flexibility index (Phi) is 14.9. The molecule has 0 saturated heterocycles. The Morgan fingerprint density at radius 3 is 1.00 bits per heavy atom. The van der Waals surface area contributed by atoms with Crippen LogP contribution in [0.25, 0.3) is 64.0 Å². The summed E-state index contributed by atoms with van der Waals surface area (Å²) in [5.41, 5.74) is 29.1. The number of thiophene rings is 1. The Labute approximate surface area is 604 Å². The molecule has 6 nitrogen and oxygen atoms in total. The lowest BCUT2D eigenvalue weighted by Crippen LogP contribution is -2.24. The van der Waals surface area contributed by atoms with Crippen LogP contribution in [0.15, 0.2) is 352 Å². The summed E-state index contributed by atoms with van der Waals surface area (Å²) in [6.45, 7) is 8.65. The zero-order chi connectivity index (χ0) is 68.8. The largest absolute Gasteiger partial charge is 0.310 e. The molecule has 0 fully saturated rings. The molecule has 0 aliphatic carbocycles. The Morgan fingerprint density at radius 2 is 0.563 bits per heavy atom. The van der Waals surface area contributed by atoms with Gasteiger partial charge in [-0.05, 0) is 252 Å². The van der Waals surface area contributed by atoms with Gasteiger partial charge in [0.2, 0.25) is 0 Å². The van der Waals surface area contributed by atoms with Crippen LogP contribution < -0.4 is 29.4 Å². The van der Waals surface area contributed by atoms with Crippen LogP contribution in [0.1, 0.15) is 22.3 Å². The van der Waals surface area contributed by atoms with Gasteiger partial charge in [-0.15, -0.1) is 11.3 Å². The summed E-state index contributed by atoms with van der Waals surface area (Å²) in [5, 5.41) is 7.18. The number of hydrogen-bond acceptors (Lipinski definition) is 7. The smallest absolute Gasteiger partial charge is 0.0717 e. The molecule has 0 spiro atoms. The SMILES string of the molecule is Cc1ccc(N(c2cccc(C)c2)c2cccc(N3c4ccccc4N(c4ccc5c(-c6ccccc6)c6cc(N7c8ccccc8N(c8cccc(N(c9cccc(C)c9)c9cccc(C)c9)c8)c8cc9c(cc87)sc7ccccc79)ccc6c(-c6ccccc6)c5c4)c4ccccc43)c2)cc1. The lowest BCUT2D eigenvalue weighted by atomic mass is 9.85. The van der Waals surface area contributed by atoms with Gasteiger partial charge < -0.3 is 29.4 Å². The van der Waals surface area contributed by atoms with Gasteiger partial charge in [0.15, 0.2) is 0 Å². The molecule has 0 saturated carbocycles. The van der Waals surface area contributed by atoms with Crippen molar-refractivity contribution in [1.82, 2.24) is 0 Å². The van der Waals surface area contributed by atoms with Crippen LogP contribution in [0.3, 0.4) is 0 Å². The number of anilines is 18. The van der Waals surface area contributed by atoms with E-state index in [1.165, 1.54) is 75.1 Å². The first kappa shape index (κ1) is 61.2. The maximum absolute atomic E-state index is 2.53. The molecule has 17 aromatic rings. The minimum absolute atomic E-state index is 1.07. The van der Waals surface area contributed by atoms with E-state index in [-0.39, 0.29) is 0 Å². The monoisotopic (exact) mass is 1340 g/mol. The van der Waals surface area contributed by atoms with E-state index in [4.69, 9.17) is 0 Å². The van der Waals surface area contributed by atoms with Crippen molar-refractivity contribution in [3.63, 3.8) is 0 Å². The first-order chi connectivity index (χ1) is 50.7. The third-order valence-corrected chi connectivity index (χ3v) is 21.7. The van der Waals surface area contributed by atoms with Crippen LogP contribution in [0.2, 0.25) is 0 Å². The standard InChI is InChI=1S/C96H70N6S/c1-63-46-48-69(49-47-63)97(70-31-19-24-64(2)54-70)73-34-22-36-75(57-73)99-85-39-12-14-41-87(85)100(88-42-15-13-40-86(88)99)77-50-52-80-83(59-77)95(67-27-7-5-8-28-67)81-53-51-78(60-84(81)96(80)68-29-9-6-10-30-68)102-90-44-17-16-43-89(90)101(91-61-82-79-38-11-18-45-93(79)103-94(82)62-92(91)102)76-37-23-35-74(58-76)98(71-32-20-25-65(3)55-71)72-33-21-26-66(4)56-72/h5-62H,1-4H3. The summed E-state index contributed by atoms with van der Waals surface area (Å²) >= 11 is 1.86. The van der Waals surface area contributed by atoms with E-state index in [0.29, 0.717) is 0 Å². The van der Waals surface area contributed by atoms with Gasteiger partial charge in [0.1, 0.15) is 0 Å². The molecule has 2 aliphatic rings. The topological polar surface area (TPSA) is 19.4 Å². The van der Waals surface area contributed by atoms with Crippen LogP contribution in [-0.2, 0) is 0 Å². The normalized spacial score (nSPS) is 12.4. The van der Waals surface area contributed by atoms with E-state index in [2.05, 4.69) is 409 Å².